The van der Waals surface area contributed by atoms with E-state index in [0.29, 0.717) is 12.8 Å². The molecule has 1 heterocycles. The molecule has 6 nitrogen and oxygen atoms in total. The van der Waals surface area contributed by atoms with Crippen molar-refractivity contribution < 1.29 is 22.5 Å². The van der Waals surface area contributed by atoms with Gasteiger partial charge in [0.15, 0.2) is 9.84 Å². The van der Waals surface area contributed by atoms with Crippen molar-refractivity contribution in [3.8, 4) is 0 Å². The summed E-state index contributed by atoms with van der Waals surface area (Å²) in [4.78, 5) is 12.4. The van der Waals surface area contributed by atoms with Gasteiger partial charge in [0.25, 0.3) is 0 Å². The largest absolute Gasteiger partial charge is 0.494 e. The monoisotopic (exact) mass is 641 g/mol. The zero-order chi connectivity index (χ0) is 30.3. The maximum atomic E-state index is 12.4. The molecular weight excluding hydrogens is 601 g/mol. The number of benzene rings is 3. The summed E-state index contributed by atoms with van der Waals surface area (Å²) < 4.78 is 38.0. The van der Waals surface area contributed by atoms with Crippen molar-refractivity contribution in [3.63, 3.8) is 0 Å². The fraction of sp³-hybridized carbons (Fsp3) is 0.406. The summed E-state index contributed by atoms with van der Waals surface area (Å²) in [5.41, 5.74) is 8.96. The molecule has 220 valence electrons. The van der Waals surface area contributed by atoms with Crippen LogP contribution in [0.4, 0.5) is 0 Å². The second-order valence-electron chi connectivity index (χ2n) is 11.5. The summed E-state index contributed by atoms with van der Waals surface area (Å²) in [6.45, 7) is 10.7. The number of carbonyl (C=O) groups excluding carboxylic acids is 1. The van der Waals surface area contributed by atoms with Crippen LogP contribution in [0.1, 0.15) is 57.2 Å². The van der Waals surface area contributed by atoms with Gasteiger partial charge in [-0.25, -0.2) is 8.42 Å². The second kappa shape index (κ2) is 14.3. The Morgan fingerprint density at radius 1 is 0.829 bits per heavy atom. The van der Waals surface area contributed by atoms with Crippen LogP contribution in [0.2, 0.25) is 0 Å². The first-order chi connectivity index (χ1) is 19.2. The third-order valence-corrected chi connectivity index (χ3v) is 9.72. The van der Waals surface area contributed by atoms with Crippen LogP contribution in [-0.2, 0) is 36.8 Å². The van der Waals surface area contributed by atoms with E-state index in [4.69, 9.17) is 15.0 Å². The van der Waals surface area contributed by atoms with Crippen molar-refractivity contribution in [2.45, 2.75) is 76.4 Å². The standard InChI is InChI=1S/C24H31BO5S.C8H10BrN/c1-18-9-15-22(16-10-18)31(27,28)17-21(26)8-6-7-19-11-13-20(14-12-19)25-29-23(2,3)24(4,5)30-25;9-8-3-1-7(2-4-8)5-6-10/h9-16H,6-8,17H2,1-5H3;1-4H,5-6,10H2. The van der Waals surface area contributed by atoms with Crippen molar-refractivity contribution in [2.75, 3.05) is 12.3 Å². The highest BCUT2D eigenvalue weighted by atomic mass is 79.9. The van der Waals surface area contributed by atoms with Crippen LogP contribution < -0.4 is 11.2 Å². The van der Waals surface area contributed by atoms with Gasteiger partial charge in [0.05, 0.1) is 16.1 Å². The number of aryl methyl sites for hydroxylation is 2. The van der Waals surface area contributed by atoms with Gasteiger partial charge >= 0.3 is 7.12 Å². The third-order valence-electron chi connectivity index (χ3n) is 7.50. The first kappa shape index (κ1) is 33.2. The van der Waals surface area contributed by atoms with Crippen molar-refractivity contribution in [2.24, 2.45) is 5.73 Å². The number of nitrogens with two attached hydrogens (primary N) is 1. The number of hydrogen-bond donors (Lipinski definition) is 1. The van der Waals surface area contributed by atoms with E-state index < -0.39 is 22.7 Å². The van der Waals surface area contributed by atoms with E-state index in [1.165, 1.54) is 5.56 Å². The summed E-state index contributed by atoms with van der Waals surface area (Å²) in [7, 11) is -3.98. The smallest absolute Gasteiger partial charge is 0.399 e. The third kappa shape index (κ3) is 9.62. The van der Waals surface area contributed by atoms with E-state index >= 15 is 0 Å². The number of ketones is 1. The molecule has 9 heteroatoms. The fourth-order valence-corrected chi connectivity index (χ4v) is 5.79. The first-order valence-corrected chi connectivity index (χ1v) is 16.4. The molecule has 2 N–H and O–H groups in total. The number of carbonyl (C=O) groups is 1. The van der Waals surface area contributed by atoms with Crippen LogP contribution in [0.3, 0.4) is 0 Å². The van der Waals surface area contributed by atoms with Crippen LogP contribution in [0, 0.1) is 6.92 Å². The van der Waals surface area contributed by atoms with Gasteiger partial charge in [-0.1, -0.05) is 70.0 Å². The zero-order valence-electron chi connectivity index (χ0n) is 24.7. The molecule has 0 radical (unpaired) electrons. The minimum Gasteiger partial charge on any atom is -0.399 e. The molecule has 1 aliphatic rings. The van der Waals surface area contributed by atoms with Crippen LogP contribution in [0.5, 0.6) is 0 Å². The SMILES string of the molecule is Cc1ccc(S(=O)(=O)CC(=O)CCCc2ccc(B3OC(C)(C)C(C)(C)O3)cc2)cc1.NCCc1ccc(Br)cc1. The Bertz CT molecular complexity index is 1370. The number of halogens is 1. The minimum absolute atomic E-state index is 0.199. The van der Waals surface area contributed by atoms with Crippen LogP contribution in [-0.4, -0.2) is 44.8 Å². The summed E-state index contributed by atoms with van der Waals surface area (Å²) in [5.74, 6) is -0.703. The maximum Gasteiger partial charge on any atom is 0.494 e. The van der Waals surface area contributed by atoms with Crippen molar-refractivity contribution in [3.05, 3.63) is 94.0 Å². The lowest BCUT2D eigenvalue weighted by Crippen LogP contribution is -2.41. The fourth-order valence-electron chi connectivity index (χ4n) is 4.24. The second-order valence-corrected chi connectivity index (χ2v) is 14.4. The van der Waals surface area contributed by atoms with Gasteiger partial charge in [0, 0.05) is 10.9 Å². The molecule has 0 bridgehead atoms. The normalized spacial score (nSPS) is 15.7. The summed E-state index contributed by atoms with van der Waals surface area (Å²) in [5, 5.41) is 0. The molecule has 3 aromatic rings. The van der Waals surface area contributed by atoms with Gasteiger partial charge in [0.1, 0.15) is 11.5 Å². The molecule has 3 aromatic carbocycles. The Balaban J connectivity index is 0.000000389. The maximum absolute atomic E-state index is 12.4. The number of rotatable bonds is 10. The van der Waals surface area contributed by atoms with E-state index in [2.05, 4.69) is 28.1 Å². The van der Waals surface area contributed by atoms with Crippen molar-refractivity contribution in [1.82, 2.24) is 0 Å². The highest BCUT2D eigenvalue weighted by Gasteiger charge is 2.51. The number of sulfone groups is 1. The molecule has 1 fully saturated rings. The molecule has 0 spiro atoms. The first-order valence-electron chi connectivity index (χ1n) is 13.9. The van der Waals surface area contributed by atoms with E-state index in [1.54, 1.807) is 24.3 Å². The summed E-state index contributed by atoms with van der Waals surface area (Å²) in [6, 6.07) is 22.8. The Hall–Kier alpha value is -2.30. The Morgan fingerprint density at radius 3 is 1.88 bits per heavy atom. The molecule has 0 unspecified atom stereocenters. The Kier molecular flexibility index (Phi) is 11.5. The van der Waals surface area contributed by atoms with Gasteiger partial charge in [-0.15, -0.1) is 0 Å². The quantitative estimate of drug-likeness (QED) is 0.289. The lowest BCUT2D eigenvalue weighted by molar-refractivity contribution is -0.116. The summed E-state index contributed by atoms with van der Waals surface area (Å²) >= 11 is 3.37. The highest BCUT2D eigenvalue weighted by Crippen LogP contribution is 2.36. The highest BCUT2D eigenvalue weighted by molar-refractivity contribution is 9.10. The molecule has 1 saturated heterocycles. The average Bonchev–Trinajstić information content (AvgIpc) is 3.13. The number of hydrogen-bond acceptors (Lipinski definition) is 6. The lowest BCUT2D eigenvalue weighted by Gasteiger charge is -2.32. The van der Waals surface area contributed by atoms with Gasteiger partial charge in [-0.2, -0.15) is 0 Å². The average molecular weight is 642 g/mol. The van der Waals surface area contributed by atoms with E-state index in [1.807, 2.05) is 71.0 Å². The van der Waals surface area contributed by atoms with Gasteiger partial charge in [-0.05, 0) is 101 Å². The topological polar surface area (TPSA) is 95.7 Å². The lowest BCUT2D eigenvalue weighted by atomic mass is 9.78. The number of Topliss-reactive ketones (excluding diaryl/α,β-unsaturated/α-hetero) is 1. The molecule has 4 rings (SSSR count). The van der Waals surface area contributed by atoms with Crippen LogP contribution in [0.15, 0.2) is 82.2 Å². The summed E-state index contributed by atoms with van der Waals surface area (Å²) in [6.07, 6.45) is 2.52. The predicted molar refractivity (Wildman–Crippen MR) is 170 cm³/mol. The van der Waals surface area contributed by atoms with Crippen LogP contribution >= 0.6 is 15.9 Å². The Morgan fingerprint density at radius 2 is 1.34 bits per heavy atom. The van der Waals surface area contributed by atoms with E-state index in [9.17, 15) is 13.2 Å². The van der Waals surface area contributed by atoms with Gasteiger partial charge in [-0.3, -0.25) is 4.79 Å². The minimum atomic E-state index is -3.58. The van der Waals surface area contributed by atoms with Crippen molar-refractivity contribution >= 4 is 44.1 Å². The van der Waals surface area contributed by atoms with Gasteiger partial charge in [0.2, 0.25) is 0 Å². The molecule has 0 saturated carbocycles. The van der Waals surface area contributed by atoms with Crippen molar-refractivity contribution in [1.29, 1.82) is 0 Å². The van der Waals surface area contributed by atoms with Crippen LogP contribution in [0.25, 0.3) is 0 Å². The molecule has 0 atom stereocenters. The van der Waals surface area contributed by atoms with E-state index in [-0.39, 0.29) is 28.3 Å². The molecule has 41 heavy (non-hydrogen) atoms. The zero-order valence-corrected chi connectivity index (χ0v) is 27.1. The molecule has 1 aliphatic heterocycles. The molecule has 0 amide bonds. The van der Waals surface area contributed by atoms with E-state index in [0.717, 1.165) is 34.0 Å². The molecular formula is C32H41BBrNO5S. The van der Waals surface area contributed by atoms with Gasteiger partial charge < -0.3 is 15.0 Å². The molecule has 0 aromatic heterocycles. The predicted octanol–water partition coefficient (Wildman–Crippen LogP) is 5.61. The molecule has 0 aliphatic carbocycles. The Labute approximate surface area is 254 Å².